The highest BCUT2D eigenvalue weighted by atomic mass is 16.5. The molecule has 0 saturated heterocycles. The minimum absolute atomic E-state index is 0.147. The number of nitrogens with zero attached hydrogens (tertiary/aromatic N) is 1. The lowest BCUT2D eigenvalue weighted by Gasteiger charge is -2.66. The van der Waals surface area contributed by atoms with Crippen molar-refractivity contribution in [3.05, 3.63) is 41.1 Å². The lowest BCUT2D eigenvalue weighted by atomic mass is 9.40. The van der Waals surface area contributed by atoms with E-state index >= 15 is 0 Å². The molecule has 1 aromatic rings. The van der Waals surface area contributed by atoms with Gasteiger partial charge in [-0.25, -0.2) is 4.74 Å². The van der Waals surface area contributed by atoms with Crippen LogP contribution in [0.25, 0.3) is 0 Å². The minimum atomic E-state index is -0.303. The Kier molecular flexibility index (Phi) is 2.68. The van der Waals surface area contributed by atoms with Crippen molar-refractivity contribution in [1.29, 1.82) is 0 Å². The summed E-state index contributed by atoms with van der Waals surface area (Å²) in [5.41, 5.74) is 7.71. The van der Waals surface area contributed by atoms with Gasteiger partial charge in [0.15, 0.2) is 11.8 Å². The Bertz CT molecular complexity index is 583. The summed E-state index contributed by atoms with van der Waals surface area (Å²) in [6, 6.07) is 9.92. The fourth-order valence-electron chi connectivity index (χ4n) is 6.77. The van der Waals surface area contributed by atoms with E-state index in [1.165, 1.54) is 11.2 Å². The average molecular weight is 298 g/mol. The van der Waals surface area contributed by atoms with Gasteiger partial charge >= 0.3 is 0 Å². The van der Waals surface area contributed by atoms with Crippen molar-refractivity contribution in [3.8, 4) is 0 Å². The second kappa shape index (κ2) is 4.14. The summed E-state index contributed by atoms with van der Waals surface area (Å²) in [6.07, 6.45) is 7.98. The van der Waals surface area contributed by atoms with E-state index in [0.717, 1.165) is 37.7 Å². The van der Waals surface area contributed by atoms with Gasteiger partial charge in [0.05, 0.1) is 0 Å². The zero-order valence-corrected chi connectivity index (χ0v) is 13.6. The SMILES string of the molecule is C[C@]12CC3(N)CC(/[N+]([O-])=C\c4ccccc4)(C1)C[C@@](C)(C3)C2. The molecule has 0 aromatic heterocycles. The molecule has 3 nitrogen and oxygen atoms in total. The van der Waals surface area contributed by atoms with E-state index in [2.05, 4.69) is 13.8 Å². The average Bonchev–Trinajstić information content (AvgIpc) is 2.34. The Morgan fingerprint density at radius 2 is 1.55 bits per heavy atom. The number of rotatable bonds is 2. The van der Waals surface area contributed by atoms with Crippen LogP contribution in [0.15, 0.2) is 30.3 Å². The first-order valence-electron chi connectivity index (χ1n) is 8.40. The van der Waals surface area contributed by atoms with Crippen LogP contribution in [0.2, 0.25) is 0 Å². The molecule has 4 saturated carbocycles. The van der Waals surface area contributed by atoms with E-state index in [1.807, 2.05) is 30.3 Å². The summed E-state index contributed by atoms with van der Waals surface area (Å²) in [4.78, 5) is 0. The third-order valence-electron chi connectivity index (χ3n) is 6.14. The molecule has 2 N–H and O–H groups in total. The summed E-state index contributed by atoms with van der Waals surface area (Å²) < 4.78 is 1.26. The van der Waals surface area contributed by atoms with Gasteiger partial charge < -0.3 is 10.9 Å². The van der Waals surface area contributed by atoms with Gasteiger partial charge in [0.2, 0.25) is 0 Å². The maximum absolute atomic E-state index is 13.1. The highest BCUT2D eigenvalue weighted by molar-refractivity contribution is 5.75. The molecule has 4 aliphatic rings. The molecule has 2 unspecified atom stereocenters. The third-order valence-corrected chi connectivity index (χ3v) is 6.14. The molecule has 0 spiro atoms. The highest BCUT2D eigenvalue weighted by Gasteiger charge is 2.68. The van der Waals surface area contributed by atoms with Gasteiger partial charge in [-0.05, 0) is 42.2 Å². The van der Waals surface area contributed by atoms with Crippen LogP contribution in [0.5, 0.6) is 0 Å². The second-order valence-electron chi connectivity index (χ2n) is 9.13. The van der Waals surface area contributed by atoms with Crippen LogP contribution in [0, 0.1) is 16.0 Å². The summed E-state index contributed by atoms with van der Waals surface area (Å²) in [7, 11) is 0. The van der Waals surface area contributed by atoms with Crippen molar-refractivity contribution >= 4 is 6.21 Å². The van der Waals surface area contributed by atoms with Crippen LogP contribution in [-0.4, -0.2) is 22.0 Å². The van der Waals surface area contributed by atoms with Gasteiger partial charge in [-0.1, -0.05) is 32.0 Å². The fraction of sp³-hybridized carbons (Fsp3) is 0.632. The van der Waals surface area contributed by atoms with Crippen LogP contribution in [0.3, 0.4) is 0 Å². The molecule has 5 rings (SSSR count). The number of nitrogens with two attached hydrogens (primary N) is 1. The monoisotopic (exact) mass is 298 g/mol. The first kappa shape index (κ1) is 14.3. The molecule has 4 aliphatic carbocycles. The Balaban J connectivity index is 1.76. The Hall–Kier alpha value is -1.35. The first-order chi connectivity index (χ1) is 10.2. The van der Waals surface area contributed by atoms with Crippen LogP contribution < -0.4 is 5.73 Å². The van der Waals surface area contributed by atoms with Crippen molar-refractivity contribution in [2.75, 3.05) is 0 Å². The highest BCUT2D eigenvalue weighted by Crippen LogP contribution is 2.67. The number of hydroxylamine groups is 1. The molecule has 0 heterocycles. The molecule has 1 aromatic carbocycles. The zero-order chi connectivity index (χ0) is 15.6. The molecular weight excluding hydrogens is 272 g/mol. The maximum atomic E-state index is 13.1. The van der Waals surface area contributed by atoms with E-state index in [9.17, 15) is 5.21 Å². The molecule has 0 amide bonds. The molecule has 4 bridgehead atoms. The number of hydrogen-bond acceptors (Lipinski definition) is 2. The van der Waals surface area contributed by atoms with Crippen molar-refractivity contribution in [3.63, 3.8) is 0 Å². The van der Waals surface area contributed by atoms with Crippen LogP contribution >= 0.6 is 0 Å². The normalized spacial score (nSPS) is 47.0. The summed E-state index contributed by atoms with van der Waals surface area (Å²) in [6.45, 7) is 4.69. The summed E-state index contributed by atoms with van der Waals surface area (Å²) in [5, 5.41) is 13.1. The maximum Gasteiger partial charge on any atom is 0.182 e. The molecule has 3 heteroatoms. The van der Waals surface area contributed by atoms with Gasteiger partial charge in [-0.2, -0.15) is 0 Å². The fourth-order valence-corrected chi connectivity index (χ4v) is 6.77. The van der Waals surface area contributed by atoms with E-state index in [4.69, 9.17) is 5.73 Å². The molecular formula is C19H26N2O. The number of benzene rings is 1. The predicted octanol–water partition coefficient (Wildman–Crippen LogP) is 3.45. The van der Waals surface area contributed by atoms with E-state index in [-0.39, 0.29) is 21.9 Å². The minimum Gasteiger partial charge on any atom is -0.623 e. The lowest BCUT2D eigenvalue weighted by molar-refractivity contribution is -0.573. The first-order valence-corrected chi connectivity index (χ1v) is 8.40. The van der Waals surface area contributed by atoms with Gasteiger partial charge in [0.25, 0.3) is 0 Å². The summed E-state index contributed by atoms with van der Waals surface area (Å²) >= 11 is 0. The standard InChI is InChI=1S/C19H26N2O/c1-16-9-17(2)11-18(20,10-16)14-19(12-16,13-17)21(22)8-15-6-4-3-5-7-15/h3-8H,9-14,20H2,1-2H3/b21-8+/t16-,17+,18?,19?. The molecule has 0 radical (unpaired) electrons. The van der Waals surface area contributed by atoms with E-state index < -0.39 is 0 Å². The quantitative estimate of drug-likeness (QED) is 0.393. The van der Waals surface area contributed by atoms with Gasteiger partial charge in [-0.15, -0.1) is 0 Å². The topological polar surface area (TPSA) is 52.1 Å². The number of hydrogen-bond donors (Lipinski definition) is 1. The van der Waals surface area contributed by atoms with Crippen molar-refractivity contribution in [2.45, 2.75) is 63.5 Å². The zero-order valence-electron chi connectivity index (χ0n) is 13.6. The largest absolute Gasteiger partial charge is 0.623 e. The van der Waals surface area contributed by atoms with Gasteiger partial charge in [-0.3, -0.25) is 0 Å². The van der Waals surface area contributed by atoms with Crippen LogP contribution in [0.4, 0.5) is 0 Å². The molecule has 4 atom stereocenters. The Labute approximate surface area is 132 Å². The van der Waals surface area contributed by atoms with Crippen molar-refractivity contribution in [2.24, 2.45) is 16.6 Å². The second-order valence-corrected chi connectivity index (χ2v) is 9.13. The van der Waals surface area contributed by atoms with Crippen molar-refractivity contribution in [1.82, 2.24) is 0 Å². The van der Waals surface area contributed by atoms with E-state index in [1.54, 1.807) is 6.21 Å². The van der Waals surface area contributed by atoms with Crippen LogP contribution in [-0.2, 0) is 0 Å². The van der Waals surface area contributed by atoms with Crippen molar-refractivity contribution < 1.29 is 4.74 Å². The third kappa shape index (κ3) is 2.10. The predicted molar refractivity (Wildman–Crippen MR) is 88.8 cm³/mol. The Morgan fingerprint density at radius 3 is 2.09 bits per heavy atom. The molecule has 22 heavy (non-hydrogen) atoms. The van der Waals surface area contributed by atoms with Gasteiger partial charge in [0, 0.05) is 30.4 Å². The van der Waals surface area contributed by atoms with Crippen LogP contribution in [0.1, 0.15) is 57.9 Å². The molecule has 0 aliphatic heterocycles. The van der Waals surface area contributed by atoms with E-state index in [0.29, 0.717) is 0 Å². The smallest absolute Gasteiger partial charge is 0.182 e. The molecule has 118 valence electrons. The van der Waals surface area contributed by atoms with Gasteiger partial charge in [0.1, 0.15) is 0 Å². The molecule has 4 fully saturated rings. The Morgan fingerprint density at radius 1 is 0.955 bits per heavy atom. The lowest BCUT2D eigenvalue weighted by Crippen LogP contribution is -2.70. The summed E-state index contributed by atoms with van der Waals surface area (Å²) in [5.74, 6) is 0.